The monoisotopic (exact) mass is 332 g/mol. The molecule has 0 saturated heterocycles. The second-order valence-corrected chi connectivity index (χ2v) is 7.35. The average molecular weight is 332 g/mol. The zero-order valence-electron chi connectivity index (χ0n) is 12.1. The van der Waals surface area contributed by atoms with Crippen molar-refractivity contribution in [3.8, 4) is 0 Å². The summed E-state index contributed by atoms with van der Waals surface area (Å²) in [6.45, 7) is 3.66. The lowest BCUT2D eigenvalue weighted by Gasteiger charge is -2.28. The number of anilines is 1. The summed E-state index contributed by atoms with van der Waals surface area (Å²) in [5, 5.41) is 11.0. The van der Waals surface area contributed by atoms with Crippen molar-refractivity contribution in [2.45, 2.75) is 37.8 Å². The highest BCUT2D eigenvalue weighted by Gasteiger charge is 2.34. The van der Waals surface area contributed by atoms with Crippen LogP contribution >= 0.6 is 11.3 Å². The highest BCUT2D eigenvalue weighted by Crippen LogP contribution is 2.28. The lowest BCUT2D eigenvalue weighted by atomic mass is 10.2. The normalized spacial score (nSPS) is 12.8. The van der Waals surface area contributed by atoms with Gasteiger partial charge in [-0.1, -0.05) is 13.8 Å². The first kappa shape index (κ1) is 16.2. The van der Waals surface area contributed by atoms with Crippen LogP contribution in [-0.2, 0) is 10.0 Å². The summed E-state index contributed by atoms with van der Waals surface area (Å²) in [6, 6.07) is -0.175. The molecule has 2 heterocycles. The van der Waals surface area contributed by atoms with E-state index in [0.29, 0.717) is 17.8 Å². The second kappa shape index (κ2) is 6.30. The highest BCUT2D eigenvalue weighted by molar-refractivity contribution is 7.89. The van der Waals surface area contributed by atoms with Crippen LogP contribution in [0.25, 0.3) is 4.96 Å². The van der Waals surface area contributed by atoms with Gasteiger partial charge in [-0.05, 0) is 12.8 Å². The van der Waals surface area contributed by atoms with Gasteiger partial charge >= 0.3 is 0 Å². The number of hydrogen-bond donors (Lipinski definition) is 2. The number of thiazole rings is 1. The van der Waals surface area contributed by atoms with E-state index >= 15 is 0 Å². The molecule has 0 radical (unpaired) electrons. The molecular formula is C12H20N4O3S2. The number of aromatic nitrogens is 2. The standard InChI is InChI=1S/C12H20N4O3S2/c1-3-9(4-2)16(5-7-17)21(18,19)11-10(13)14-12-15(11)6-8-20-12/h6,8-9,17H,3-5,7,13H2,1-2H3. The number of nitrogens with zero attached hydrogens (tertiary/aromatic N) is 3. The highest BCUT2D eigenvalue weighted by atomic mass is 32.2. The third-order valence-corrected chi connectivity index (χ3v) is 6.22. The number of hydrogen-bond acceptors (Lipinski definition) is 6. The third-order valence-electron chi connectivity index (χ3n) is 3.47. The van der Waals surface area contributed by atoms with Crippen LogP contribution in [0.1, 0.15) is 26.7 Å². The Morgan fingerprint density at radius 2 is 2.14 bits per heavy atom. The number of imidazole rings is 1. The van der Waals surface area contributed by atoms with Crippen LogP contribution in [0, 0.1) is 0 Å². The quantitative estimate of drug-likeness (QED) is 0.792. The maximum Gasteiger partial charge on any atom is 0.263 e. The summed E-state index contributed by atoms with van der Waals surface area (Å²) in [6.07, 6.45) is 2.97. The van der Waals surface area contributed by atoms with Crippen LogP contribution in [0.2, 0.25) is 0 Å². The predicted octanol–water partition coefficient (Wildman–Crippen LogP) is 1.15. The minimum Gasteiger partial charge on any atom is -0.395 e. The van der Waals surface area contributed by atoms with Crippen molar-refractivity contribution in [2.75, 3.05) is 18.9 Å². The molecule has 0 aliphatic heterocycles. The van der Waals surface area contributed by atoms with E-state index in [1.165, 1.54) is 20.0 Å². The molecule has 7 nitrogen and oxygen atoms in total. The lowest BCUT2D eigenvalue weighted by molar-refractivity contribution is 0.219. The van der Waals surface area contributed by atoms with Gasteiger partial charge in [0.1, 0.15) is 0 Å². The van der Waals surface area contributed by atoms with Crippen LogP contribution < -0.4 is 5.73 Å². The number of nitrogen functional groups attached to an aromatic ring is 1. The van der Waals surface area contributed by atoms with Gasteiger partial charge in [-0.3, -0.25) is 4.40 Å². The van der Waals surface area contributed by atoms with E-state index in [9.17, 15) is 13.5 Å². The third kappa shape index (κ3) is 2.78. The van der Waals surface area contributed by atoms with Crippen molar-refractivity contribution in [1.29, 1.82) is 0 Å². The topological polar surface area (TPSA) is 101 Å². The van der Waals surface area contributed by atoms with Gasteiger partial charge in [-0.2, -0.15) is 4.31 Å². The van der Waals surface area contributed by atoms with Crippen molar-refractivity contribution in [3.63, 3.8) is 0 Å². The number of aliphatic hydroxyl groups excluding tert-OH is 1. The first-order valence-corrected chi connectivity index (χ1v) is 9.13. The van der Waals surface area contributed by atoms with Crippen LogP contribution in [0.5, 0.6) is 0 Å². The Morgan fingerprint density at radius 1 is 1.48 bits per heavy atom. The fourth-order valence-corrected chi connectivity index (χ4v) is 5.16. The molecule has 9 heteroatoms. The van der Waals surface area contributed by atoms with Gasteiger partial charge in [-0.25, -0.2) is 13.4 Å². The van der Waals surface area contributed by atoms with Crippen LogP contribution in [0.4, 0.5) is 5.82 Å². The molecule has 0 bridgehead atoms. The molecule has 2 aromatic rings. The van der Waals surface area contributed by atoms with Gasteiger partial charge in [0.2, 0.25) is 0 Å². The number of sulfonamides is 1. The molecule has 2 aromatic heterocycles. The summed E-state index contributed by atoms with van der Waals surface area (Å²) >= 11 is 1.32. The van der Waals surface area contributed by atoms with Gasteiger partial charge < -0.3 is 10.8 Å². The maximum atomic E-state index is 13.0. The Kier molecular flexibility index (Phi) is 4.87. The number of rotatable bonds is 7. The zero-order chi connectivity index (χ0) is 15.6. The van der Waals surface area contributed by atoms with Crippen LogP contribution in [0.3, 0.4) is 0 Å². The first-order chi connectivity index (χ1) is 9.97. The Balaban J connectivity index is 2.57. The Labute approximate surface area is 128 Å². The minimum atomic E-state index is -3.82. The summed E-state index contributed by atoms with van der Waals surface area (Å²) < 4.78 is 28.7. The fourth-order valence-electron chi connectivity index (χ4n) is 2.44. The van der Waals surface area contributed by atoms with Crippen molar-refractivity contribution in [3.05, 3.63) is 11.6 Å². The zero-order valence-corrected chi connectivity index (χ0v) is 13.7. The molecule has 118 valence electrons. The SMILES string of the molecule is CCC(CC)N(CCO)S(=O)(=O)c1c(N)nc2sccn12. The average Bonchev–Trinajstić information content (AvgIpc) is 2.98. The number of nitrogens with two attached hydrogens (primary N) is 1. The Morgan fingerprint density at radius 3 is 2.71 bits per heavy atom. The molecule has 3 N–H and O–H groups in total. The number of fused-ring (bicyclic) bond motifs is 1. The van der Waals surface area contributed by atoms with Crippen molar-refractivity contribution in [1.82, 2.24) is 13.7 Å². The van der Waals surface area contributed by atoms with Gasteiger partial charge in [0.25, 0.3) is 10.0 Å². The molecule has 2 rings (SSSR count). The van der Waals surface area contributed by atoms with E-state index in [4.69, 9.17) is 5.73 Å². The van der Waals surface area contributed by atoms with E-state index in [0.717, 1.165) is 0 Å². The Bertz CT molecular complexity index is 703. The second-order valence-electron chi connectivity index (χ2n) is 4.67. The molecule has 0 unspecified atom stereocenters. The predicted molar refractivity (Wildman–Crippen MR) is 82.8 cm³/mol. The van der Waals surface area contributed by atoms with Crippen molar-refractivity contribution >= 4 is 32.1 Å². The summed E-state index contributed by atoms with van der Waals surface area (Å²) in [7, 11) is -3.82. The summed E-state index contributed by atoms with van der Waals surface area (Å²) in [5.74, 6) is -0.00394. The molecule has 0 aliphatic carbocycles. The Hall–Kier alpha value is -1.16. The van der Waals surface area contributed by atoms with E-state index < -0.39 is 10.0 Å². The van der Waals surface area contributed by atoms with Gasteiger partial charge in [0.05, 0.1) is 6.61 Å². The first-order valence-electron chi connectivity index (χ1n) is 6.81. The maximum absolute atomic E-state index is 13.0. The van der Waals surface area contributed by atoms with Crippen LogP contribution in [0.15, 0.2) is 16.6 Å². The summed E-state index contributed by atoms with van der Waals surface area (Å²) in [5.41, 5.74) is 5.81. The molecule has 0 amide bonds. The minimum absolute atomic E-state index is 0.00394. The van der Waals surface area contributed by atoms with Crippen molar-refractivity contribution in [2.24, 2.45) is 0 Å². The van der Waals surface area contributed by atoms with Crippen LogP contribution in [-0.4, -0.2) is 46.4 Å². The molecular weight excluding hydrogens is 312 g/mol. The molecule has 21 heavy (non-hydrogen) atoms. The van der Waals surface area contributed by atoms with Gasteiger partial charge in [0.15, 0.2) is 15.8 Å². The number of aliphatic hydroxyl groups is 1. The summed E-state index contributed by atoms with van der Waals surface area (Å²) in [4.78, 5) is 4.63. The van der Waals surface area contributed by atoms with E-state index in [1.54, 1.807) is 11.6 Å². The van der Waals surface area contributed by atoms with E-state index in [2.05, 4.69) is 4.98 Å². The van der Waals surface area contributed by atoms with Crippen molar-refractivity contribution < 1.29 is 13.5 Å². The molecule has 0 aliphatic rings. The molecule has 0 fully saturated rings. The van der Waals surface area contributed by atoms with Gasteiger partial charge in [-0.15, -0.1) is 11.3 Å². The smallest absolute Gasteiger partial charge is 0.263 e. The van der Waals surface area contributed by atoms with E-state index in [-0.39, 0.29) is 30.0 Å². The van der Waals surface area contributed by atoms with Gasteiger partial charge in [0, 0.05) is 24.2 Å². The lowest BCUT2D eigenvalue weighted by Crippen LogP contribution is -2.42. The molecule has 0 atom stereocenters. The molecule has 0 aromatic carbocycles. The van der Waals surface area contributed by atoms with E-state index in [1.807, 2.05) is 13.8 Å². The molecule has 0 saturated carbocycles. The fraction of sp³-hybridized carbons (Fsp3) is 0.583. The molecule has 0 spiro atoms. The largest absolute Gasteiger partial charge is 0.395 e.